The number of rotatable bonds is 4. The minimum Gasteiger partial charge on any atom is -0.309 e. The van der Waals surface area contributed by atoms with Gasteiger partial charge in [-0.2, -0.15) is 0 Å². The number of hydrogen-bond acceptors (Lipinski definition) is 0. The largest absolute Gasteiger partial charge is 0.309 e. The summed E-state index contributed by atoms with van der Waals surface area (Å²) >= 11 is 0. The molecular formula is C51H36N2. The van der Waals surface area contributed by atoms with E-state index in [9.17, 15) is 0 Å². The fraction of sp³-hybridized carbons (Fsp3) is 0.0588. The summed E-state index contributed by atoms with van der Waals surface area (Å²) in [5.41, 5.74) is 17.5. The van der Waals surface area contributed by atoms with Crippen molar-refractivity contribution < 1.29 is 0 Å². The molecule has 250 valence electrons. The monoisotopic (exact) mass is 676 g/mol. The van der Waals surface area contributed by atoms with Gasteiger partial charge in [-0.25, -0.2) is 0 Å². The molecule has 0 bridgehead atoms. The lowest BCUT2D eigenvalue weighted by molar-refractivity contribution is 0.660. The number of aromatic nitrogens is 2. The smallest absolute Gasteiger partial charge is 0.0547 e. The fourth-order valence-corrected chi connectivity index (χ4v) is 9.20. The van der Waals surface area contributed by atoms with Crippen LogP contribution in [0.4, 0.5) is 0 Å². The van der Waals surface area contributed by atoms with Crippen molar-refractivity contribution >= 4 is 43.6 Å². The van der Waals surface area contributed by atoms with Crippen LogP contribution in [0.25, 0.3) is 88.4 Å². The molecule has 2 nitrogen and oxygen atoms in total. The highest BCUT2D eigenvalue weighted by Crippen LogP contribution is 2.51. The van der Waals surface area contributed by atoms with E-state index in [1.807, 2.05) is 0 Å². The Morgan fingerprint density at radius 1 is 0.358 bits per heavy atom. The van der Waals surface area contributed by atoms with Crippen molar-refractivity contribution in [2.45, 2.75) is 19.3 Å². The predicted molar refractivity (Wildman–Crippen MR) is 224 cm³/mol. The first-order valence-electron chi connectivity index (χ1n) is 18.5. The summed E-state index contributed by atoms with van der Waals surface area (Å²) < 4.78 is 4.91. The van der Waals surface area contributed by atoms with Crippen LogP contribution in [0.5, 0.6) is 0 Å². The lowest BCUT2D eigenvalue weighted by Crippen LogP contribution is -2.14. The van der Waals surface area contributed by atoms with E-state index < -0.39 is 0 Å². The SMILES string of the molecule is CC1(C)c2ccccc2-c2c(-n3c4ccccc4c4ccc(-c5ccc6c(c5)c5ccccc5n6-c5ccc(-c6ccccc6)cc5)cc43)cccc21. The zero-order valence-electron chi connectivity index (χ0n) is 29.7. The summed E-state index contributed by atoms with van der Waals surface area (Å²) in [6.07, 6.45) is 0. The second-order valence-corrected chi connectivity index (χ2v) is 15.0. The van der Waals surface area contributed by atoms with E-state index in [0.717, 1.165) is 5.69 Å². The summed E-state index contributed by atoms with van der Waals surface area (Å²) in [5.74, 6) is 0. The van der Waals surface area contributed by atoms with Crippen molar-refractivity contribution in [1.29, 1.82) is 0 Å². The van der Waals surface area contributed by atoms with Crippen LogP contribution in [0.3, 0.4) is 0 Å². The van der Waals surface area contributed by atoms with Crippen LogP contribution in [0.15, 0.2) is 182 Å². The molecule has 2 aromatic heterocycles. The van der Waals surface area contributed by atoms with Crippen molar-refractivity contribution in [1.82, 2.24) is 9.13 Å². The molecular weight excluding hydrogens is 641 g/mol. The first kappa shape index (κ1) is 30.0. The van der Waals surface area contributed by atoms with Gasteiger partial charge >= 0.3 is 0 Å². The highest BCUT2D eigenvalue weighted by atomic mass is 15.0. The van der Waals surface area contributed by atoms with Gasteiger partial charge in [-0.05, 0) is 87.5 Å². The van der Waals surface area contributed by atoms with Crippen LogP contribution in [-0.4, -0.2) is 9.13 Å². The molecule has 0 saturated heterocycles. The number of benzene rings is 8. The van der Waals surface area contributed by atoms with E-state index in [4.69, 9.17) is 0 Å². The number of nitrogens with zero attached hydrogens (tertiary/aromatic N) is 2. The van der Waals surface area contributed by atoms with Crippen LogP contribution in [0.2, 0.25) is 0 Å². The third-order valence-corrected chi connectivity index (χ3v) is 11.7. The van der Waals surface area contributed by atoms with Gasteiger partial charge in [0.05, 0.1) is 27.8 Å². The van der Waals surface area contributed by atoms with Crippen molar-refractivity contribution in [2.75, 3.05) is 0 Å². The third kappa shape index (κ3) is 4.33. The van der Waals surface area contributed by atoms with Crippen LogP contribution >= 0.6 is 0 Å². The minimum atomic E-state index is -0.0651. The summed E-state index contributed by atoms with van der Waals surface area (Å²) in [6, 6.07) is 67.0. The van der Waals surface area contributed by atoms with Gasteiger partial charge in [-0.1, -0.05) is 147 Å². The normalized spacial score (nSPS) is 13.2. The standard InChI is InChI=1S/C51H36N2/c1-51(2)43-18-9-6-17-41(43)50-44(51)19-12-22-48(50)53-46-21-11-7-15-38(46)40-29-25-36(32-49(40)53)35-26-30-47-42(31-35)39-16-8-10-20-45(39)52(47)37-27-23-34(24-28-37)33-13-4-3-5-14-33/h3-32H,1-2H3. The molecule has 0 saturated carbocycles. The lowest BCUT2D eigenvalue weighted by atomic mass is 9.82. The van der Waals surface area contributed by atoms with E-state index >= 15 is 0 Å². The maximum Gasteiger partial charge on any atom is 0.0547 e. The molecule has 0 unspecified atom stereocenters. The Labute approximate surface area is 308 Å². The highest BCUT2D eigenvalue weighted by molar-refractivity contribution is 6.13. The van der Waals surface area contributed by atoms with E-state index in [2.05, 4.69) is 205 Å². The molecule has 10 aromatic rings. The van der Waals surface area contributed by atoms with Crippen molar-refractivity contribution in [3.63, 3.8) is 0 Å². The number of hydrogen-bond donors (Lipinski definition) is 0. The van der Waals surface area contributed by atoms with Crippen LogP contribution in [0, 0.1) is 0 Å². The van der Waals surface area contributed by atoms with E-state index in [1.165, 1.54) is 93.8 Å². The Bertz CT molecular complexity index is 3060. The Balaban J connectivity index is 1.10. The van der Waals surface area contributed by atoms with Gasteiger partial charge in [0.2, 0.25) is 0 Å². The summed E-state index contributed by atoms with van der Waals surface area (Å²) in [5, 5.41) is 5.05. The first-order valence-corrected chi connectivity index (χ1v) is 18.5. The van der Waals surface area contributed by atoms with Gasteiger partial charge in [0.15, 0.2) is 0 Å². The number of para-hydroxylation sites is 2. The minimum absolute atomic E-state index is 0.0651. The van der Waals surface area contributed by atoms with Gasteiger partial charge in [0, 0.05) is 38.2 Å². The second kappa shape index (κ2) is 11.2. The predicted octanol–water partition coefficient (Wildman–Crippen LogP) is 13.5. The Morgan fingerprint density at radius 2 is 0.925 bits per heavy atom. The molecule has 0 fully saturated rings. The Hall–Kier alpha value is -6.64. The van der Waals surface area contributed by atoms with Crippen molar-refractivity contribution in [2.24, 2.45) is 0 Å². The third-order valence-electron chi connectivity index (χ3n) is 11.7. The molecule has 0 radical (unpaired) electrons. The molecule has 8 aromatic carbocycles. The highest BCUT2D eigenvalue weighted by Gasteiger charge is 2.37. The molecule has 0 N–H and O–H groups in total. The first-order chi connectivity index (χ1) is 26.1. The van der Waals surface area contributed by atoms with Crippen LogP contribution in [0.1, 0.15) is 25.0 Å². The molecule has 11 rings (SSSR count). The lowest BCUT2D eigenvalue weighted by Gasteiger charge is -2.22. The molecule has 2 heteroatoms. The molecule has 0 amide bonds. The zero-order valence-corrected chi connectivity index (χ0v) is 29.7. The summed E-state index contributed by atoms with van der Waals surface area (Å²) in [6.45, 7) is 4.72. The van der Waals surface area contributed by atoms with Gasteiger partial charge in [-0.15, -0.1) is 0 Å². The maximum absolute atomic E-state index is 2.51. The summed E-state index contributed by atoms with van der Waals surface area (Å²) in [4.78, 5) is 0. The van der Waals surface area contributed by atoms with E-state index in [1.54, 1.807) is 0 Å². The van der Waals surface area contributed by atoms with Crippen molar-refractivity contribution in [3.05, 3.63) is 193 Å². The Kier molecular flexibility index (Phi) is 6.33. The van der Waals surface area contributed by atoms with Crippen LogP contribution in [-0.2, 0) is 5.41 Å². The number of fused-ring (bicyclic) bond motifs is 9. The quantitative estimate of drug-likeness (QED) is 0.176. The molecule has 2 heterocycles. The average molecular weight is 677 g/mol. The van der Waals surface area contributed by atoms with E-state index in [0.29, 0.717) is 0 Å². The average Bonchev–Trinajstić information content (AvgIpc) is 3.81. The van der Waals surface area contributed by atoms with Crippen LogP contribution < -0.4 is 0 Å². The molecule has 0 aliphatic heterocycles. The van der Waals surface area contributed by atoms with Gasteiger partial charge < -0.3 is 9.13 Å². The maximum atomic E-state index is 2.51. The van der Waals surface area contributed by atoms with Crippen molar-refractivity contribution in [3.8, 4) is 44.8 Å². The van der Waals surface area contributed by atoms with E-state index in [-0.39, 0.29) is 5.41 Å². The topological polar surface area (TPSA) is 9.86 Å². The molecule has 53 heavy (non-hydrogen) atoms. The zero-order chi connectivity index (χ0) is 35.3. The molecule has 1 aliphatic carbocycles. The molecule has 0 spiro atoms. The molecule has 0 atom stereocenters. The summed E-state index contributed by atoms with van der Waals surface area (Å²) in [7, 11) is 0. The van der Waals surface area contributed by atoms with Gasteiger partial charge in [0.1, 0.15) is 0 Å². The van der Waals surface area contributed by atoms with Gasteiger partial charge in [-0.3, -0.25) is 0 Å². The molecule has 1 aliphatic rings. The second-order valence-electron chi connectivity index (χ2n) is 15.0. The fourth-order valence-electron chi connectivity index (χ4n) is 9.20. The van der Waals surface area contributed by atoms with Gasteiger partial charge in [0.25, 0.3) is 0 Å². The Morgan fingerprint density at radius 3 is 1.74 bits per heavy atom.